The molecule has 1 aromatic rings. The van der Waals surface area contributed by atoms with Gasteiger partial charge in [0, 0.05) is 12.5 Å². The Bertz CT molecular complexity index is 413. The maximum atomic E-state index is 11.6. The second-order valence-corrected chi connectivity index (χ2v) is 3.39. The molecule has 0 aliphatic rings. The highest BCUT2D eigenvalue weighted by atomic mass is 16.5. The monoisotopic (exact) mass is 235 g/mol. The number of carbonyl (C=O) groups excluding carboxylic acids is 1. The van der Waals surface area contributed by atoms with Gasteiger partial charge in [0.1, 0.15) is 11.5 Å². The summed E-state index contributed by atoms with van der Waals surface area (Å²) in [5.41, 5.74) is 0.612. The Morgan fingerprint density at radius 3 is 2.71 bits per heavy atom. The summed E-state index contributed by atoms with van der Waals surface area (Å²) in [7, 11) is 3.14. The molecule has 0 heterocycles. The van der Waals surface area contributed by atoms with E-state index in [4.69, 9.17) is 9.47 Å². The molecule has 17 heavy (non-hydrogen) atoms. The number of hydrogen-bond acceptors (Lipinski definition) is 3. The fourth-order valence-corrected chi connectivity index (χ4v) is 1.34. The lowest BCUT2D eigenvalue weighted by Gasteiger charge is -2.11. The van der Waals surface area contributed by atoms with Crippen molar-refractivity contribution < 1.29 is 14.3 Å². The predicted octanol–water partition coefficient (Wildman–Crippen LogP) is 2.61. The molecular weight excluding hydrogens is 218 g/mol. The Labute approximate surface area is 101 Å². The second-order valence-electron chi connectivity index (χ2n) is 3.39. The van der Waals surface area contributed by atoms with Gasteiger partial charge >= 0.3 is 0 Å². The fourth-order valence-electron chi connectivity index (χ4n) is 1.34. The molecule has 1 rings (SSSR count). The summed E-state index contributed by atoms with van der Waals surface area (Å²) in [6, 6.07) is 5.26. The van der Waals surface area contributed by atoms with Gasteiger partial charge < -0.3 is 14.8 Å². The minimum atomic E-state index is -0.0883. The van der Waals surface area contributed by atoms with Crippen molar-refractivity contribution in [3.63, 3.8) is 0 Å². The van der Waals surface area contributed by atoms with Crippen LogP contribution >= 0.6 is 0 Å². The van der Waals surface area contributed by atoms with E-state index in [-0.39, 0.29) is 5.91 Å². The zero-order valence-corrected chi connectivity index (χ0v) is 10.3. The minimum Gasteiger partial charge on any atom is -0.497 e. The van der Waals surface area contributed by atoms with Crippen molar-refractivity contribution in [2.75, 3.05) is 19.5 Å². The van der Waals surface area contributed by atoms with E-state index in [0.29, 0.717) is 23.6 Å². The van der Waals surface area contributed by atoms with E-state index >= 15 is 0 Å². The van der Waals surface area contributed by atoms with E-state index in [1.54, 1.807) is 38.5 Å². The van der Waals surface area contributed by atoms with Gasteiger partial charge in [0.15, 0.2) is 0 Å². The smallest absolute Gasteiger partial charge is 0.228 e. The van der Waals surface area contributed by atoms with Crippen LogP contribution in [-0.2, 0) is 4.79 Å². The predicted molar refractivity (Wildman–Crippen MR) is 67.6 cm³/mol. The van der Waals surface area contributed by atoms with E-state index in [0.717, 1.165) is 0 Å². The van der Waals surface area contributed by atoms with Crippen LogP contribution in [0.2, 0.25) is 0 Å². The van der Waals surface area contributed by atoms with Crippen LogP contribution in [0.3, 0.4) is 0 Å². The van der Waals surface area contributed by atoms with Crippen molar-refractivity contribution in [3.8, 4) is 11.5 Å². The highest BCUT2D eigenvalue weighted by molar-refractivity contribution is 5.93. The molecule has 0 aliphatic carbocycles. The molecule has 0 aromatic heterocycles. The molecule has 0 saturated heterocycles. The van der Waals surface area contributed by atoms with Crippen molar-refractivity contribution >= 4 is 11.6 Å². The third-order valence-corrected chi connectivity index (χ3v) is 2.22. The molecule has 4 nitrogen and oxygen atoms in total. The quantitative estimate of drug-likeness (QED) is 0.798. The summed E-state index contributed by atoms with van der Waals surface area (Å²) in [4.78, 5) is 11.6. The molecule has 0 bridgehead atoms. The molecule has 0 spiro atoms. The first-order valence-corrected chi connectivity index (χ1v) is 5.34. The maximum Gasteiger partial charge on any atom is 0.228 e. The van der Waals surface area contributed by atoms with Crippen molar-refractivity contribution in [1.29, 1.82) is 0 Å². The zero-order valence-electron chi connectivity index (χ0n) is 10.3. The van der Waals surface area contributed by atoms with Crippen LogP contribution in [0.25, 0.3) is 0 Å². The number of carbonyl (C=O) groups is 1. The van der Waals surface area contributed by atoms with Gasteiger partial charge in [-0.3, -0.25) is 4.79 Å². The van der Waals surface area contributed by atoms with Crippen LogP contribution in [0.5, 0.6) is 11.5 Å². The van der Waals surface area contributed by atoms with Crippen LogP contribution in [0.1, 0.15) is 13.3 Å². The Kier molecular flexibility index (Phi) is 5.07. The summed E-state index contributed by atoms with van der Waals surface area (Å²) in [5, 5.41) is 2.78. The standard InChI is InChI=1S/C13H17NO3/c1-4-5-6-13(15)14-11-9-10(16-2)7-8-12(11)17-3/h4-5,7-9H,6H2,1-3H3,(H,14,15)/b5-4+. The van der Waals surface area contributed by atoms with Crippen molar-refractivity contribution in [2.45, 2.75) is 13.3 Å². The molecule has 0 aliphatic heterocycles. The van der Waals surface area contributed by atoms with Crippen LogP contribution in [-0.4, -0.2) is 20.1 Å². The maximum absolute atomic E-state index is 11.6. The Morgan fingerprint density at radius 2 is 2.12 bits per heavy atom. The second kappa shape index (κ2) is 6.58. The molecule has 0 fully saturated rings. The number of benzene rings is 1. The van der Waals surface area contributed by atoms with Gasteiger partial charge in [0.05, 0.1) is 19.9 Å². The SMILES string of the molecule is C/C=C/CC(=O)Nc1cc(OC)ccc1OC. The average Bonchev–Trinajstić information content (AvgIpc) is 2.36. The molecular formula is C13H17NO3. The van der Waals surface area contributed by atoms with E-state index in [9.17, 15) is 4.79 Å². The summed E-state index contributed by atoms with van der Waals surface area (Å²) in [5.74, 6) is 1.20. The van der Waals surface area contributed by atoms with Gasteiger partial charge in [-0.2, -0.15) is 0 Å². The Balaban J connectivity index is 2.83. The van der Waals surface area contributed by atoms with E-state index in [1.807, 2.05) is 13.0 Å². The highest BCUT2D eigenvalue weighted by Crippen LogP contribution is 2.28. The zero-order chi connectivity index (χ0) is 12.7. The van der Waals surface area contributed by atoms with Crippen LogP contribution in [0.15, 0.2) is 30.4 Å². The lowest BCUT2D eigenvalue weighted by atomic mass is 10.2. The van der Waals surface area contributed by atoms with Gasteiger partial charge in [-0.05, 0) is 19.1 Å². The largest absolute Gasteiger partial charge is 0.497 e. The minimum absolute atomic E-state index is 0.0883. The molecule has 1 N–H and O–H groups in total. The molecule has 4 heteroatoms. The molecule has 0 atom stereocenters. The van der Waals surface area contributed by atoms with E-state index < -0.39 is 0 Å². The molecule has 1 aromatic carbocycles. The number of methoxy groups -OCH3 is 2. The first kappa shape index (κ1) is 13.1. The fraction of sp³-hybridized carbons (Fsp3) is 0.308. The number of allylic oxidation sites excluding steroid dienone is 1. The van der Waals surface area contributed by atoms with Gasteiger partial charge in [0.25, 0.3) is 0 Å². The number of nitrogens with one attached hydrogen (secondary N) is 1. The van der Waals surface area contributed by atoms with Crippen LogP contribution in [0, 0.1) is 0 Å². The summed E-state index contributed by atoms with van der Waals surface area (Å²) >= 11 is 0. The van der Waals surface area contributed by atoms with Crippen molar-refractivity contribution in [1.82, 2.24) is 0 Å². The topological polar surface area (TPSA) is 47.6 Å². The number of rotatable bonds is 5. The first-order chi connectivity index (χ1) is 8.21. The summed E-state index contributed by atoms with van der Waals surface area (Å²) < 4.78 is 10.3. The van der Waals surface area contributed by atoms with Crippen LogP contribution < -0.4 is 14.8 Å². The lowest BCUT2D eigenvalue weighted by molar-refractivity contribution is -0.115. The molecule has 0 unspecified atom stereocenters. The van der Waals surface area contributed by atoms with E-state index in [1.165, 1.54) is 0 Å². The van der Waals surface area contributed by atoms with Crippen LogP contribution in [0.4, 0.5) is 5.69 Å². The van der Waals surface area contributed by atoms with Gasteiger partial charge in [-0.1, -0.05) is 12.2 Å². The lowest BCUT2D eigenvalue weighted by Crippen LogP contribution is -2.11. The third kappa shape index (κ3) is 3.83. The molecule has 92 valence electrons. The van der Waals surface area contributed by atoms with Crippen molar-refractivity contribution in [3.05, 3.63) is 30.4 Å². The average molecular weight is 235 g/mol. The number of ether oxygens (including phenoxy) is 2. The van der Waals surface area contributed by atoms with Gasteiger partial charge in [-0.15, -0.1) is 0 Å². The summed E-state index contributed by atoms with van der Waals surface area (Å²) in [6.07, 6.45) is 3.97. The third-order valence-electron chi connectivity index (χ3n) is 2.22. The Morgan fingerprint density at radius 1 is 1.35 bits per heavy atom. The van der Waals surface area contributed by atoms with Crippen molar-refractivity contribution in [2.24, 2.45) is 0 Å². The van der Waals surface area contributed by atoms with Gasteiger partial charge in [-0.25, -0.2) is 0 Å². The molecule has 0 saturated carbocycles. The summed E-state index contributed by atoms with van der Waals surface area (Å²) in [6.45, 7) is 1.87. The molecule has 1 amide bonds. The number of hydrogen-bond donors (Lipinski definition) is 1. The normalized spacial score (nSPS) is 10.3. The first-order valence-electron chi connectivity index (χ1n) is 5.34. The number of amides is 1. The van der Waals surface area contributed by atoms with Gasteiger partial charge in [0.2, 0.25) is 5.91 Å². The highest BCUT2D eigenvalue weighted by Gasteiger charge is 2.07. The Hall–Kier alpha value is -1.97. The van der Waals surface area contributed by atoms with E-state index in [2.05, 4.69) is 5.32 Å². The molecule has 0 radical (unpaired) electrons. The number of anilines is 1.